The van der Waals surface area contributed by atoms with E-state index in [1.165, 1.54) is 7.11 Å². The zero-order chi connectivity index (χ0) is 10.8. The van der Waals surface area contributed by atoms with Crippen molar-refractivity contribution < 1.29 is 9.53 Å². The van der Waals surface area contributed by atoms with Gasteiger partial charge >= 0.3 is 5.97 Å². The summed E-state index contributed by atoms with van der Waals surface area (Å²) in [5.41, 5.74) is 2.66. The molecule has 0 saturated carbocycles. The van der Waals surface area contributed by atoms with Gasteiger partial charge in [-0.05, 0) is 39.8 Å². The molecule has 0 atom stereocenters. The van der Waals surface area contributed by atoms with Gasteiger partial charge in [-0.3, -0.25) is 0 Å². The van der Waals surface area contributed by atoms with Crippen LogP contribution in [0.2, 0.25) is 0 Å². The first kappa shape index (κ1) is 10.4. The molecule has 0 N–H and O–H groups in total. The molecule has 2 aliphatic carbocycles. The highest BCUT2D eigenvalue weighted by Crippen LogP contribution is 2.32. The van der Waals surface area contributed by atoms with Gasteiger partial charge in [0.1, 0.15) is 0 Å². The van der Waals surface area contributed by atoms with Gasteiger partial charge in [0.2, 0.25) is 0 Å². The van der Waals surface area contributed by atoms with E-state index in [4.69, 9.17) is 4.74 Å². The molecule has 0 aromatic rings. The molecule has 0 aromatic carbocycles. The number of carbonyl (C=O) groups is 1. The quantitative estimate of drug-likeness (QED) is 0.597. The molecule has 0 fully saturated rings. The number of carbonyl (C=O) groups excluding carboxylic acids is 1. The Morgan fingerprint density at radius 3 is 2.53 bits per heavy atom. The van der Waals surface area contributed by atoms with Crippen LogP contribution in [0, 0.1) is 3.57 Å². The van der Waals surface area contributed by atoms with E-state index >= 15 is 0 Å². The molecule has 0 unspecified atom stereocenters. The molecule has 0 spiro atoms. The predicted octanol–water partition coefficient (Wildman–Crippen LogP) is 3.18. The summed E-state index contributed by atoms with van der Waals surface area (Å²) in [5.74, 6) is -0.283. The lowest BCUT2D eigenvalue weighted by Crippen LogP contribution is -1.99. The van der Waals surface area contributed by atoms with E-state index in [1.54, 1.807) is 0 Å². The molecule has 76 valence electrons. The topological polar surface area (TPSA) is 26.3 Å². The van der Waals surface area contributed by atoms with Gasteiger partial charge in [-0.2, -0.15) is 0 Å². The van der Waals surface area contributed by atoms with Crippen molar-refractivity contribution in [2.75, 3.05) is 7.11 Å². The Morgan fingerprint density at radius 1 is 1.20 bits per heavy atom. The average molecular weight is 312 g/mol. The molecule has 15 heavy (non-hydrogen) atoms. The lowest BCUT2D eigenvalue weighted by atomic mass is 10.1. The maximum atomic E-state index is 11.5. The first-order valence-electron chi connectivity index (χ1n) is 4.49. The van der Waals surface area contributed by atoms with Crippen molar-refractivity contribution in [1.82, 2.24) is 0 Å². The Kier molecular flexibility index (Phi) is 2.90. The predicted molar refractivity (Wildman–Crippen MR) is 67.1 cm³/mol. The minimum Gasteiger partial charge on any atom is -0.465 e. The van der Waals surface area contributed by atoms with E-state index in [1.807, 2.05) is 36.4 Å². The van der Waals surface area contributed by atoms with Crippen LogP contribution in [0.3, 0.4) is 0 Å². The second kappa shape index (κ2) is 4.18. The largest absolute Gasteiger partial charge is 0.465 e. The molecule has 2 rings (SSSR count). The van der Waals surface area contributed by atoms with Gasteiger partial charge < -0.3 is 4.74 Å². The van der Waals surface area contributed by atoms with E-state index in [0.29, 0.717) is 5.56 Å². The number of rotatable bonds is 1. The van der Waals surface area contributed by atoms with E-state index in [0.717, 1.165) is 14.7 Å². The monoisotopic (exact) mass is 312 g/mol. The van der Waals surface area contributed by atoms with Gasteiger partial charge in [-0.1, -0.05) is 30.3 Å². The summed E-state index contributed by atoms with van der Waals surface area (Å²) >= 11 is 2.22. The summed E-state index contributed by atoms with van der Waals surface area (Å²) in [7, 11) is 1.40. The number of fused-ring (bicyclic) bond motifs is 1. The Labute approximate surface area is 102 Å². The smallest absolute Gasteiger partial charge is 0.338 e. The van der Waals surface area contributed by atoms with Crippen LogP contribution in [0.5, 0.6) is 0 Å². The third kappa shape index (κ3) is 1.84. The number of hydrogen-bond acceptors (Lipinski definition) is 2. The summed E-state index contributed by atoms with van der Waals surface area (Å²) in [6.07, 6.45) is 0. The summed E-state index contributed by atoms with van der Waals surface area (Å²) in [5, 5.41) is 0. The zero-order valence-electron chi connectivity index (χ0n) is 8.16. The Bertz CT molecular complexity index is 479. The standard InChI is InChI=1S/C12H9IO2/c1-15-12(14)10-7-11(13)9-6-4-2-3-5-8(9)10/h2-7H,1H3. The van der Waals surface area contributed by atoms with Crippen LogP contribution in [0.25, 0.3) is 11.1 Å². The SMILES string of the molecule is COC(=O)c1cc(I)c2cccccc1-2. The number of ether oxygens (including phenoxy) is 1. The maximum absolute atomic E-state index is 11.5. The molecule has 0 radical (unpaired) electrons. The van der Waals surface area contributed by atoms with Crippen molar-refractivity contribution >= 4 is 28.6 Å². The second-order valence-corrected chi connectivity index (χ2v) is 4.30. The summed E-state index contributed by atoms with van der Waals surface area (Å²) in [6.45, 7) is 0. The number of hydrogen-bond donors (Lipinski definition) is 0. The molecule has 0 aliphatic heterocycles. The van der Waals surface area contributed by atoms with E-state index in [-0.39, 0.29) is 5.97 Å². The third-order valence-electron chi connectivity index (χ3n) is 2.26. The molecule has 3 heteroatoms. The molecule has 0 bridgehead atoms. The second-order valence-electron chi connectivity index (χ2n) is 3.14. The van der Waals surface area contributed by atoms with Crippen molar-refractivity contribution in [2.45, 2.75) is 0 Å². The number of methoxy groups -OCH3 is 1. The zero-order valence-corrected chi connectivity index (χ0v) is 10.3. The van der Waals surface area contributed by atoms with Crippen molar-refractivity contribution in [2.24, 2.45) is 0 Å². The third-order valence-corrected chi connectivity index (χ3v) is 3.15. The minimum atomic E-state index is -0.283. The summed E-state index contributed by atoms with van der Waals surface area (Å²) in [6, 6.07) is 11.6. The van der Waals surface area contributed by atoms with Crippen LogP contribution in [-0.2, 0) is 4.74 Å². The van der Waals surface area contributed by atoms with Crippen LogP contribution in [0.1, 0.15) is 10.4 Å². The Hall–Kier alpha value is -1.10. The van der Waals surface area contributed by atoms with E-state index in [2.05, 4.69) is 22.6 Å². The van der Waals surface area contributed by atoms with Crippen molar-refractivity contribution in [3.05, 3.63) is 45.5 Å². The van der Waals surface area contributed by atoms with Gasteiger partial charge in [0.15, 0.2) is 0 Å². The normalized spacial score (nSPS) is 10.3. The Morgan fingerprint density at radius 2 is 1.87 bits per heavy atom. The molecule has 2 nitrogen and oxygen atoms in total. The molecule has 2 aliphatic rings. The minimum absolute atomic E-state index is 0.283. The van der Waals surface area contributed by atoms with Crippen molar-refractivity contribution in [3.8, 4) is 11.1 Å². The van der Waals surface area contributed by atoms with Crippen molar-refractivity contribution in [1.29, 1.82) is 0 Å². The number of esters is 1. The highest BCUT2D eigenvalue weighted by molar-refractivity contribution is 14.1. The molecule has 0 amide bonds. The molecule has 0 heterocycles. The fourth-order valence-corrected chi connectivity index (χ4v) is 2.33. The first-order valence-corrected chi connectivity index (χ1v) is 5.57. The molecular formula is C12H9IO2. The van der Waals surface area contributed by atoms with Gasteiger partial charge in [0.25, 0.3) is 0 Å². The van der Waals surface area contributed by atoms with Gasteiger partial charge in [0, 0.05) is 3.57 Å². The van der Waals surface area contributed by atoms with E-state index in [9.17, 15) is 4.79 Å². The average Bonchev–Trinajstić information content (AvgIpc) is 2.45. The summed E-state index contributed by atoms with van der Waals surface area (Å²) < 4.78 is 5.81. The maximum Gasteiger partial charge on any atom is 0.338 e. The van der Waals surface area contributed by atoms with Crippen LogP contribution < -0.4 is 0 Å². The fraction of sp³-hybridized carbons (Fsp3) is 0.0833. The molecule has 0 saturated heterocycles. The molecule has 0 aromatic heterocycles. The van der Waals surface area contributed by atoms with Crippen LogP contribution in [0.15, 0.2) is 36.4 Å². The van der Waals surface area contributed by atoms with E-state index < -0.39 is 0 Å². The van der Waals surface area contributed by atoms with Gasteiger partial charge in [0.05, 0.1) is 12.7 Å². The lowest BCUT2D eigenvalue weighted by Gasteiger charge is -1.98. The highest BCUT2D eigenvalue weighted by Gasteiger charge is 2.18. The van der Waals surface area contributed by atoms with Crippen LogP contribution in [-0.4, -0.2) is 13.1 Å². The lowest BCUT2D eigenvalue weighted by molar-refractivity contribution is 0.0602. The van der Waals surface area contributed by atoms with Crippen LogP contribution in [0.4, 0.5) is 0 Å². The van der Waals surface area contributed by atoms with Crippen LogP contribution >= 0.6 is 22.6 Å². The molecular weight excluding hydrogens is 303 g/mol. The van der Waals surface area contributed by atoms with Gasteiger partial charge in [-0.15, -0.1) is 0 Å². The fourth-order valence-electron chi connectivity index (χ4n) is 1.55. The number of halogens is 1. The summed E-state index contributed by atoms with van der Waals surface area (Å²) in [4.78, 5) is 11.5. The first-order chi connectivity index (χ1) is 7.24. The highest BCUT2D eigenvalue weighted by atomic mass is 127. The van der Waals surface area contributed by atoms with Gasteiger partial charge in [-0.25, -0.2) is 4.79 Å². The Balaban J connectivity index is 2.67. The van der Waals surface area contributed by atoms with Crippen molar-refractivity contribution in [3.63, 3.8) is 0 Å².